The minimum Gasteiger partial charge on any atom is -0.452 e. The normalized spacial score (nSPS) is 18.8. The number of ether oxygens (including phenoxy) is 1. The number of carbonyl (C=O) groups excluding carboxylic acids is 1. The molecule has 0 saturated carbocycles. The standard InChI is InChI=1S/C15H10ClFO2/c16-13(11-7-3-4-8-12(11)17)14-9-5-1-2-6-10(9)15(18)19-14/h1-8,13-14H. The van der Waals surface area contributed by atoms with Gasteiger partial charge in [-0.3, -0.25) is 0 Å². The Morgan fingerprint density at radius 3 is 2.58 bits per heavy atom. The zero-order chi connectivity index (χ0) is 13.4. The molecule has 0 aliphatic carbocycles. The van der Waals surface area contributed by atoms with E-state index >= 15 is 0 Å². The predicted octanol–water partition coefficient (Wildman–Crippen LogP) is 4.02. The number of carbonyl (C=O) groups is 1. The molecule has 0 amide bonds. The van der Waals surface area contributed by atoms with Crippen LogP contribution in [0.2, 0.25) is 0 Å². The summed E-state index contributed by atoms with van der Waals surface area (Å²) in [5, 5.41) is -0.742. The van der Waals surface area contributed by atoms with Gasteiger partial charge in [-0.05, 0) is 12.1 Å². The van der Waals surface area contributed by atoms with Crippen molar-refractivity contribution in [3.05, 3.63) is 71.0 Å². The van der Waals surface area contributed by atoms with E-state index in [9.17, 15) is 9.18 Å². The molecule has 0 radical (unpaired) electrons. The summed E-state index contributed by atoms with van der Waals surface area (Å²) in [7, 11) is 0. The van der Waals surface area contributed by atoms with Gasteiger partial charge in [0.1, 0.15) is 17.3 Å². The topological polar surface area (TPSA) is 26.3 Å². The van der Waals surface area contributed by atoms with E-state index in [0.29, 0.717) is 16.7 Å². The van der Waals surface area contributed by atoms with Crippen LogP contribution in [0, 0.1) is 5.82 Å². The van der Waals surface area contributed by atoms with Crippen LogP contribution in [-0.4, -0.2) is 5.97 Å². The largest absolute Gasteiger partial charge is 0.452 e. The lowest BCUT2D eigenvalue weighted by molar-refractivity contribution is 0.0374. The highest BCUT2D eigenvalue weighted by Crippen LogP contribution is 2.43. The molecule has 96 valence electrons. The highest BCUT2D eigenvalue weighted by molar-refractivity contribution is 6.21. The first-order valence-electron chi connectivity index (χ1n) is 5.87. The molecule has 0 bridgehead atoms. The molecular formula is C15H10ClFO2. The third-order valence-corrected chi connectivity index (χ3v) is 3.65. The van der Waals surface area contributed by atoms with Crippen molar-refractivity contribution < 1.29 is 13.9 Å². The third kappa shape index (κ3) is 2.00. The maximum absolute atomic E-state index is 13.7. The molecule has 2 unspecified atom stereocenters. The first-order chi connectivity index (χ1) is 9.18. The van der Waals surface area contributed by atoms with Gasteiger partial charge in [0.15, 0.2) is 0 Å². The van der Waals surface area contributed by atoms with Crippen molar-refractivity contribution in [2.75, 3.05) is 0 Å². The van der Waals surface area contributed by atoms with E-state index in [4.69, 9.17) is 16.3 Å². The summed E-state index contributed by atoms with van der Waals surface area (Å²) in [6, 6.07) is 13.3. The number of benzene rings is 2. The number of hydrogen-bond acceptors (Lipinski definition) is 2. The van der Waals surface area contributed by atoms with Crippen LogP contribution in [0.15, 0.2) is 48.5 Å². The molecule has 1 heterocycles. The Morgan fingerprint density at radius 1 is 1.11 bits per heavy atom. The second kappa shape index (κ2) is 4.67. The number of fused-ring (bicyclic) bond motifs is 1. The molecule has 0 N–H and O–H groups in total. The van der Waals surface area contributed by atoms with Gasteiger partial charge in [-0.15, -0.1) is 11.6 Å². The molecule has 0 spiro atoms. The van der Waals surface area contributed by atoms with Crippen LogP contribution in [0.1, 0.15) is 33.0 Å². The molecule has 2 atom stereocenters. The van der Waals surface area contributed by atoms with E-state index < -0.39 is 23.3 Å². The number of halogens is 2. The van der Waals surface area contributed by atoms with Crippen molar-refractivity contribution in [1.29, 1.82) is 0 Å². The summed E-state index contributed by atoms with van der Waals surface area (Å²) in [6.45, 7) is 0. The third-order valence-electron chi connectivity index (χ3n) is 3.19. The Morgan fingerprint density at radius 2 is 1.79 bits per heavy atom. The van der Waals surface area contributed by atoms with Crippen molar-refractivity contribution >= 4 is 17.6 Å². The zero-order valence-corrected chi connectivity index (χ0v) is 10.6. The van der Waals surface area contributed by atoms with Crippen LogP contribution < -0.4 is 0 Å². The van der Waals surface area contributed by atoms with Gasteiger partial charge in [-0.1, -0.05) is 36.4 Å². The predicted molar refractivity (Wildman–Crippen MR) is 69.6 cm³/mol. The lowest BCUT2D eigenvalue weighted by Crippen LogP contribution is -2.07. The Kier molecular flexibility index (Phi) is 2.99. The SMILES string of the molecule is O=C1OC(C(Cl)c2ccccc2F)c2ccccc21. The fourth-order valence-electron chi connectivity index (χ4n) is 2.25. The molecule has 2 aromatic rings. The van der Waals surface area contributed by atoms with E-state index in [2.05, 4.69) is 0 Å². The summed E-state index contributed by atoms with van der Waals surface area (Å²) >= 11 is 6.29. The summed E-state index contributed by atoms with van der Waals surface area (Å²) in [4.78, 5) is 11.7. The van der Waals surface area contributed by atoms with Gasteiger partial charge in [-0.25, -0.2) is 9.18 Å². The van der Waals surface area contributed by atoms with Crippen molar-refractivity contribution in [3.8, 4) is 0 Å². The second-order valence-electron chi connectivity index (χ2n) is 4.34. The average Bonchev–Trinajstić information content (AvgIpc) is 2.77. The summed E-state index contributed by atoms with van der Waals surface area (Å²) in [5.74, 6) is -0.814. The zero-order valence-electron chi connectivity index (χ0n) is 9.85. The average molecular weight is 277 g/mol. The minimum atomic E-state index is -0.742. The van der Waals surface area contributed by atoms with Gasteiger partial charge in [0, 0.05) is 11.1 Å². The van der Waals surface area contributed by atoms with Gasteiger partial charge in [0.2, 0.25) is 0 Å². The number of cyclic esters (lactones) is 1. The first kappa shape index (κ1) is 12.2. The number of rotatable bonds is 2. The smallest absolute Gasteiger partial charge is 0.339 e. The first-order valence-corrected chi connectivity index (χ1v) is 6.30. The van der Waals surface area contributed by atoms with Crippen molar-refractivity contribution in [3.63, 3.8) is 0 Å². The molecular weight excluding hydrogens is 267 g/mol. The van der Waals surface area contributed by atoms with Crippen LogP contribution in [0.4, 0.5) is 4.39 Å². The second-order valence-corrected chi connectivity index (χ2v) is 4.81. The molecule has 0 saturated heterocycles. The van der Waals surface area contributed by atoms with Crippen LogP contribution in [-0.2, 0) is 4.74 Å². The Bertz CT molecular complexity index is 642. The van der Waals surface area contributed by atoms with Crippen LogP contribution >= 0.6 is 11.6 Å². The van der Waals surface area contributed by atoms with Crippen molar-refractivity contribution in [2.45, 2.75) is 11.5 Å². The molecule has 3 rings (SSSR count). The van der Waals surface area contributed by atoms with E-state index in [-0.39, 0.29) is 0 Å². The molecule has 1 aliphatic heterocycles. The van der Waals surface area contributed by atoms with Crippen LogP contribution in [0.25, 0.3) is 0 Å². The molecule has 1 aliphatic rings. The summed E-state index contributed by atoms with van der Waals surface area (Å²) < 4.78 is 19.0. The lowest BCUT2D eigenvalue weighted by Gasteiger charge is -2.18. The molecule has 4 heteroatoms. The van der Waals surface area contributed by atoms with E-state index in [1.54, 1.807) is 42.5 Å². The monoisotopic (exact) mass is 276 g/mol. The highest BCUT2D eigenvalue weighted by Gasteiger charge is 2.37. The summed E-state index contributed by atoms with van der Waals surface area (Å²) in [6.07, 6.45) is -0.651. The maximum Gasteiger partial charge on any atom is 0.339 e. The van der Waals surface area contributed by atoms with Gasteiger partial charge in [-0.2, -0.15) is 0 Å². The van der Waals surface area contributed by atoms with Crippen LogP contribution in [0.5, 0.6) is 0 Å². The molecule has 0 aromatic heterocycles. The summed E-state index contributed by atoms with van der Waals surface area (Å²) in [5.41, 5.74) is 1.53. The molecule has 0 fully saturated rings. The maximum atomic E-state index is 13.7. The molecule has 19 heavy (non-hydrogen) atoms. The van der Waals surface area contributed by atoms with Gasteiger partial charge in [0.05, 0.1) is 5.56 Å². The Labute approximate surface area is 114 Å². The van der Waals surface area contributed by atoms with E-state index in [1.807, 2.05) is 0 Å². The molecule has 2 aromatic carbocycles. The number of alkyl halides is 1. The quantitative estimate of drug-likeness (QED) is 0.612. The van der Waals surface area contributed by atoms with Crippen molar-refractivity contribution in [2.24, 2.45) is 0 Å². The fraction of sp³-hybridized carbons (Fsp3) is 0.133. The number of hydrogen-bond donors (Lipinski definition) is 0. The van der Waals surface area contributed by atoms with Crippen LogP contribution in [0.3, 0.4) is 0 Å². The highest BCUT2D eigenvalue weighted by atomic mass is 35.5. The van der Waals surface area contributed by atoms with E-state index in [0.717, 1.165) is 0 Å². The minimum absolute atomic E-state index is 0.332. The fourth-order valence-corrected chi connectivity index (χ4v) is 2.62. The van der Waals surface area contributed by atoms with Gasteiger partial charge < -0.3 is 4.74 Å². The Hall–Kier alpha value is -1.87. The number of esters is 1. The van der Waals surface area contributed by atoms with E-state index in [1.165, 1.54) is 6.07 Å². The Balaban J connectivity index is 2.01. The van der Waals surface area contributed by atoms with Gasteiger partial charge in [0.25, 0.3) is 0 Å². The molecule has 2 nitrogen and oxygen atoms in total. The van der Waals surface area contributed by atoms with Crippen molar-refractivity contribution in [1.82, 2.24) is 0 Å². The lowest BCUT2D eigenvalue weighted by atomic mass is 9.99. The van der Waals surface area contributed by atoms with Gasteiger partial charge >= 0.3 is 5.97 Å².